The monoisotopic (exact) mass is 362 g/mol. The maximum absolute atomic E-state index is 12.6. The van der Waals surface area contributed by atoms with E-state index in [1.54, 1.807) is 12.1 Å². The summed E-state index contributed by atoms with van der Waals surface area (Å²) in [6.07, 6.45) is 11.6. The maximum Gasteiger partial charge on any atom is 0.244 e. The van der Waals surface area contributed by atoms with Gasteiger partial charge in [0.2, 0.25) is 15.7 Å². The minimum absolute atomic E-state index is 0.00893. The molecule has 2 unspecified atom stereocenters. The van der Waals surface area contributed by atoms with E-state index in [-0.39, 0.29) is 5.92 Å². The summed E-state index contributed by atoms with van der Waals surface area (Å²) in [5, 5.41) is 4.38. The van der Waals surface area contributed by atoms with Crippen molar-refractivity contribution in [2.45, 2.75) is 74.8 Å². The van der Waals surface area contributed by atoms with Crippen molar-refractivity contribution in [2.75, 3.05) is 0 Å². The predicted octanol–water partition coefficient (Wildman–Crippen LogP) is 4.05. The average Bonchev–Trinajstić information content (AvgIpc) is 3.04. The van der Waals surface area contributed by atoms with E-state index < -0.39 is 15.7 Å². The largest absolute Gasteiger partial charge is 0.367 e. The van der Waals surface area contributed by atoms with Crippen LogP contribution in [0.5, 0.6) is 0 Å². The third-order valence-corrected chi connectivity index (χ3v) is 7.25. The third-order valence-electron chi connectivity index (χ3n) is 5.74. The van der Waals surface area contributed by atoms with Crippen LogP contribution >= 0.6 is 0 Å². The zero-order chi connectivity index (χ0) is 17.3. The highest BCUT2D eigenvalue weighted by atomic mass is 32.2. The fourth-order valence-electron chi connectivity index (χ4n) is 4.44. The van der Waals surface area contributed by atoms with Crippen molar-refractivity contribution in [3.63, 3.8) is 0 Å². The van der Waals surface area contributed by atoms with E-state index in [4.69, 9.17) is 4.84 Å². The molecule has 1 fully saturated rings. The lowest BCUT2D eigenvalue weighted by Crippen LogP contribution is -2.46. The molecule has 2 atom stereocenters. The number of nitrogens with zero attached hydrogens (tertiary/aromatic N) is 1. The van der Waals surface area contributed by atoms with Gasteiger partial charge in [0.1, 0.15) is 0 Å². The number of rotatable bonds is 0. The van der Waals surface area contributed by atoms with Crippen LogP contribution < -0.4 is 4.72 Å². The Morgan fingerprint density at radius 3 is 2.48 bits per heavy atom. The van der Waals surface area contributed by atoms with E-state index in [9.17, 15) is 8.42 Å². The molecule has 5 nitrogen and oxygen atoms in total. The second-order valence-electron chi connectivity index (χ2n) is 7.43. The van der Waals surface area contributed by atoms with Crippen LogP contribution in [0.15, 0.2) is 34.3 Å². The van der Waals surface area contributed by atoms with Crippen LogP contribution in [0.25, 0.3) is 0 Å². The lowest BCUT2D eigenvalue weighted by atomic mass is 9.81. The van der Waals surface area contributed by atoms with Crippen molar-refractivity contribution in [1.82, 2.24) is 4.72 Å². The van der Waals surface area contributed by atoms with E-state index in [0.29, 0.717) is 10.5 Å². The van der Waals surface area contributed by atoms with Crippen molar-refractivity contribution in [2.24, 2.45) is 11.1 Å². The zero-order valence-electron chi connectivity index (χ0n) is 14.5. The molecule has 0 aromatic heterocycles. The molecule has 136 valence electrons. The van der Waals surface area contributed by atoms with Crippen LogP contribution in [0.2, 0.25) is 0 Å². The Morgan fingerprint density at radius 1 is 1.00 bits per heavy atom. The lowest BCUT2D eigenvalue weighted by molar-refractivity contribution is -0.0597. The van der Waals surface area contributed by atoms with Crippen LogP contribution in [0.4, 0.5) is 0 Å². The molecular formula is C19H26N2O3S. The second-order valence-corrected chi connectivity index (χ2v) is 9.08. The smallest absolute Gasteiger partial charge is 0.244 e. The first-order valence-corrected chi connectivity index (χ1v) is 11.0. The molecule has 25 heavy (non-hydrogen) atoms. The van der Waals surface area contributed by atoms with E-state index in [2.05, 4.69) is 9.88 Å². The van der Waals surface area contributed by atoms with Gasteiger partial charge >= 0.3 is 0 Å². The highest BCUT2D eigenvalue weighted by Crippen LogP contribution is 2.48. The normalized spacial score (nSPS) is 32.0. The number of benzene rings is 1. The van der Waals surface area contributed by atoms with Crippen LogP contribution in [-0.4, -0.2) is 14.1 Å². The van der Waals surface area contributed by atoms with Crippen molar-refractivity contribution < 1.29 is 13.3 Å². The Bertz CT molecular complexity index is 775. The van der Waals surface area contributed by atoms with Crippen LogP contribution in [0.1, 0.15) is 69.8 Å². The summed E-state index contributed by atoms with van der Waals surface area (Å²) < 4.78 is 28.1. The highest BCUT2D eigenvalue weighted by Gasteiger charge is 2.58. The van der Waals surface area contributed by atoms with Gasteiger partial charge in [-0.2, -0.15) is 4.72 Å². The lowest BCUT2D eigenvalue weighted by Gasteiger charge is -2.29. The topological polar surface area (TPSA) is 67.8 Å². The van der Waals surface area contributed by atoms with Gasteiger partial charge in [-0.05, 0) is 25.3 Å². The van der Waals surface area contributed by atoms with Gasteiger partial charge in [-0.3, -0.25) is 0 Å². The second kappa shape index (κ2) is 6.72. The van der Waals surface area contributed by atoms with Gasteiger partial charge in [0.15, 0.2) is 0 Å². The molecule has 1 spiro atoms. The first kappa shape index (κ1) is 17.0. The minimum atomic E-state index is -3.55. The Morgan fingerprint density at radius 2 is 1.68 bits per heavy atom. The summed E-state index contributed by atoms with van der Waals surface area (Å²) in [4.78, 5) is 6.19. The summed E-state index contributed by atoms with van der Waals surface area (Å²) in [6.45, 7) is 0. The maximum atomic E-state index is 12.6. The van der Waals surface area contributed by atoms with E-state index in [1.807, 2.05) is 12.1 Å². The summed E-state index contributed by atoms with van der Waals surface area (Å²) >= 11 is 0. The van der Waals surface area contributed by atoms with E-state index in [0.717, 1.165) is 31.4 Å². The Hall–Kier alpha value is -1.40. The van der Waals surface area contributed by atoms with Gasteiger partial charge in [-0.1, -0.05) is 68.3 Å². The van der Waals surface area contributed by atoms with Gasteiger partial charge in [-0.15, -0.1) is 0 Å². The third kappa shape index (κ3) is 2.99. The molecule has 0 amide bonds. The van der Waals surface area contributed by atoms with Gasteiger partial charge in [0.25, 0.3) is 0 Å². The SMILES string of the molecule is O=S1(=O)NC2(ON=C3CCCCCCCCCCC32)c2ccccc21. The molecule has 1 aliphatic carbocycles. The molecule has 6 heteroatoms. The molecule has 1 saturated carbocycles. The predicted molar refractivity (Wildman–Crippen MR) is 96.6 cm³/mol. The van der Waals surface area contributed by atoms with E-state index >= 15 is 0 Å². The van der Waals surface area contributed by atoms with Crippen molar-refractivity contribution in [1.29, 1.82) is 0 Å². The number of hydrogen-bond donors (Lipinski definition) is 1. The quantitative estimate of drug-likeness (QED) is 0.757. The number of hydrogen-bond acceptors (Lipinski definition) is 4. The van der Waals surface area contributed by atoms with Crippen molar-refractivity contribution in [3.8, 4) is 0 Å². The zero-order valence-corrected chi connectivity index (χ0v) is 15.4. The van der Waals surface area contributed by atoms with Gasteiger partial charge in [0.05, 0.1) is 16.5 Å². The molecule has 2 heterocycles. The minimum Gasteiger partial charge on any atom is -0.367 e. The summed E-state index contributed by atoms with van der Waals surface area (Å²) in [7, 11) is -3.55. The average molecular weight is 362 g/mol. The molecule has 0 radical (unpaired) electrons. The highest BCUT2D eigenvalue weighted by molar-refractivity contribution is 7.89. The number of fused-ring (bicyclic) bond motifs is 4. The van der Waals surface area contributed by atoms with Crippen molar-refractivity contribution in [3.05, 3.63) is 29.8 Å². The molecule has 0 saturated heterocycles. The molecule has 0 bridgehead atoms. The molecule has 3 aliphatic rings. The first-order chi connectivity index (χ1) is 12.1. The van der Waals surface area contributed by atoms with Gasteiger partial charge in [-0.25, -0.2) is 8.42 Å². The van der Waals surface area contributed by atoms with Gasteiger partial charge in [0, 0.05) is 5.56 Å². The molecular weight excluding hydrogens is 336 g/mol. The fourth-order valence-corrected chi connectivity index (χ4v) is 6.01. The standard InChI is InChI=1S/C19H26N2O3S/c22-25(23)18-14-10-9-12-16(18)19(21-25)15-11-7-5-3-1-2-4-6-8-13-17(15)20-24-19/h9-10,12,14-15,21H,1-8,11,13H2. The fraction of sp³-hybridized carbons (Fsp3) is 0.632. The number of sulfonamides is 1. The molecule has 1 aromatic carbocycles. The summed E-state index contributed by atoms with van der Waals surface area (Å²) in [5.41, 5.74) is 0.709. The Balaban J connectivity index is 1.67. The number of oxime groups is 1. The van der Waals surface area contributed by atoms with Crippen molar-refractivity contribution >= 4 is 15.7 Å². The Labute approximate surface area is 149 Å². The van der Waals surface area contributed by atoms with Crippen LogP contribution in [0.3, 0.4) is 0 Å². The van der Waals surface area contributed by atoms with Crippen LogP contribution in [0, 0.1) is 5.92 Å². The van der Waals surface area contributed by atoms with Crippen LogP contribution in [-0.2, 0) is 20.6 Å². The Kier molecular flexibility index (Phi) is 4.58. The van der Waals surface area contributed by atoms with Gasteiger partial charge < -0.3 is 4.84 Å². The molecule has 1 N–H and O–H groups in total. The number of nitrogens with one attached hydrogen (secondary N) is 1. The summed E-state index contributed by atoms with van der Waals surface area (Å²) in [6, 6.07) is 7.15. The molecule has 1 aromatic rings. The first-order valence-electron chi connectivity index (χ1n) is 9.52. The van der Waals surface area contributed by atoms with E-state index in [1.165, 1.54) is 38.5 Å². The molecule has 2 aliphatic heterocycles. The summed E-state index contributed by atoms with van der Waals surface area (Å²) in [5.74, 6) is -0.00893. The molecule has 4 rings (SSSR count).